The van der Waals surface area contributed by atoms with Crippen LogP contribution in [0.25, 0.3) is 0 Å². The molecule has 1 aliphatic rings. The lowest BCUT2D eigenvalue weighted by molar-refractivity contribution is -0.104. The van der Waals surface area contributed by atoms with Crippen molar-refractivity contribution in [3.8, 4) is 0 Å². The van der Waals surface area contributed by atoms with E-state index in [0.29, 0.717) is 17.3 Å². The van der Waals surface area contributed by atoms with Gasteiger partial charge in [-0.2, -0.15) is 0 Å². The molecule has 2 nitrogen and oxygen atoms in total. The molecule has 0 spiro atoms. The van der Waals surface area contributed by atoms with Crippen molar-refractivity contribution in [3.05, 3.63) is 20.4 Å². The van der Waals surface area contributed by atoms with Crippen LogP contribution in [0.4, 0.5) is 0 Å². The molecule has 1 aliphatic heterocycles. The molecular weight excluding hydrogens is 264 g/mol. The second-order valence-corrected chi connectivity index (χ2v) is 3.32. The van der Waals surface area contributed by atoms with E-state index >= 15 is 0 Å². The normalized spacial score (nSPS) is 18.0. The molecule has 0 aliphatic carbocycles. The Balaban J connectivity index is 2.97. The number of carbonyl (C=O) groups is 1. The van der Waals surface area contributed by atoms with Gasteiger partial charge >= 0.3 is 0 Å². The molecule has 0 amide bonds. The van der Waals surface area contributed by atoms with E-state index in [4.69, 9.17) is 11.6 Å². The van der Waals surface area contributed by atoms with Crippen LogP contribution in [0.2, 0.25) is 0 Å². The highest BCUT2D eigenvalue weighted by Crippen LogP contribution is 2.22. The summed E-state index contributed by atoms with van der Waals surface area (Å²) in [6, 6.07) is 0. The molecule has 1 N–H and O–H groups in total. The highest BCUT2D eigenvalue weighted by molar-refractivity contribution is 14.1. The highest BCUT2D eigenvalue weighted by atomic mass is 127. The molecule has 0 radical (unpaired) electrons. The minimum atomic E-state index is 0.446. The van der Waals surface area contributed by atoms with Crippen LogP contribution < -0.4 is 5.32 Å². The van der Waals surface area contributed by atoms with Crippen LogP contribution in [0, 0.1) is 0 Å². The number of aldehydes is 1. The summed E-state index contributed by atoms with van der Waals surface area (Å²) in [6.45, 7) is 0.703. The van der Waals surface area contributed by atoms with E-state index in [0.717, 1.165) is 9.87 Å². The topological polar surface area (TPSA) is 29.1 Å². The Hall–Kier alpha value is -0.0300. The van der Waals surface area contributed by atoms with E-state index in [2.05, 4.69) is 27.9 Å². The number of rotatable bonds is 1. The van der Waals surface area contributed by atoms with Crippen molar-refractivity contribution >= 4 is 40.5 Å². The molecule has 0 bridgehead atoms. The van der Waals surface area contributed by atoms with Crippen molar-refractivity contribution in [1.29, 1.82) is 0 Å². The number of dihydropyridines is 1. The lowest BCUT2D eigenvalue weighted by Gasteiger charge is -2.10. The lowest BCUT2D eigenvalue weighted by Crippen LogP contribution is -2.16. The summed E-state index contributed by atoms with van der Waals surface area (Å²) < 4.78 is 0.913. The van der Waals surface area contributed by atoms with E-state index in [1.165, 1.54) is 0 Å². The highest BCUT2D eigenvalue weighted by Gasteiger charge is 2.10. The van der Waals surface area contributed by atoms with E-state index in [1.807, 2.05) is 6.08 Å². The third-order valence-corrected chi connectivity index (χ3v) is 2.51. The van der Waals surface area contributed by atoms with Crippen LogP contribution in [0.15, 0.2) is 20.4 Å². The molecule has 0 aromatic carbocycles. The first kappa shape index (κ1) is 8.07. The minimum Gasteiger partial charge on any atom is -0.372 e. The van der Waals surface area contributed by atoms with E-state index in [9.17, 15) is 4.79 Å². The SMILES string of the molecule is O=CC1=C(Cl)NCC=C1I. The van der Waals surface area contributed by atoms with Crippen molar-refractivity contribution < 1.29 is 4.79 Å². The number of allylic oxidation sites excluding steroid dienone is 2. The van der Waals surface area contributed by atoms with Crippen LogP contribution in [-0.4, -0.2) is 12.8 Å². The summed E-state index contributed by atoms with van der Waals surface area (Å²) >= 11 is 7.75. The third-order valence-electron chi connectivity index (χ3n) is 1.15. The Labute approximate surface area is 77.5 Å². The van der Waals surface area contributed by atoms with Crippen molar-refractivity contribution in [1.82, 2.24) is 5.32 Å². The second-order valence-electron chi connectivity index (χ2n) is 1.78. The van der Waals surface area contributed by atoms with Gasteiger partial charge in [0, 0.05) is 10.1 Å². The van der Waals surface area contributed by atoms with Gasteiger partial charge in [-0.1, -0.05) is 17.7 Å². The largest absolute Gasteiger partial charge is 0.372 e. The lowest BCUT2D eigenvalue weighted by atomic mass is 10.2. The zero-order valence-corrected chi connectivity index (χ0v) is 7.94. The number of halogens is 2. The number of carbonyl (C=O) groups excluding carboxylic acids is 1. The zero-order valence-electron chi connectivity index (χ0n) is 5.03. The summed E-state index contributed by atoms with van der Waals surface area (Å²) in [7, 11) is 0. The fraction of sp³-hybridized carbons (Fsp3) is 0.167. The fourth-order valence-electron chi connectivity index (χ4n) is 0.648. The van der Waals surface area contributed by atoms with Gasteiger partial charge in [0.05, 0.1) is 5.57 Å². The van der Waals surface area contributed by atoms with Gasteiger partial charge in [0.25, 0.3) is 0 Å². The number of hydrogen-bond donors (Lipinski definition) is 1. The van der Waals surface area contributed by atoms with Gasteiger partial charge in [-0.3, -0.25) is 4.79 Å². The van der Waals surface area contributed by atoms with E-state index in [-0.39, 0.29) is 0 Å². The number of hydrogen-bond acceptors (Lipinski definition) is 2. The van der Waals surface area contributed by atoms with Gasteiger partial charge in [0.1, 0.15) is 5.16 Å². The summed E-state index contributed by atoms with van der Waals surface area (Å²) in [5, 5.41) is 3.29. The molecule has 0 aromatic rings. The van der Waals surface area contributed by atoms with E-state index < -0.39 is 0 Å². The van der Waals surface area contributed by atoms with Crippen molar-refractivity contribution in [3.63, 3.8) is 0 Å². The standard InChI is InChI=1S/C6H5ClINO/c7-6-4(3-10)5(8)1-2-9-6/h1,3,9H,2H2. The molecule has 0 saturated carbocycles. The quantitative estimate of drug-likeness (QED) is 0.445. The Morgan fingerprint density at radius 3 is 2.90 bits per heavy atom. The van der Waals surface area contributed by atoms with Crippen LogP contribution >= 0.6 is 34.2 Å². The molecule has 54 valence electrons. The van der Waals surface area contributed by atoms with Crippen LogP contribution in [0.5, 0.6) is 0 Å². The molecule has 0 aromatic heterocycles. The predicted octanol–water partition coefficient (Wildman–Crippen LogP) is 1.56. The summed E-state index contributed by atoms with van der Waals surface area (Å²) in [6.07, 6.45) is 2.67. The average molecular weight is 269 g/mol. The molecule has 1 rings (SSSR count). The maximum atomic E-state index is 10.4. The molecule has 0 atom stereocenters. The Bertz CT molecular complexity index is 222. The smallest absolute Gasteiger partial charge is 0.154 e. The molecule has 0 saturated heterocycles. The summed E-state index contributed by atoms with van der Waals surface area (Å²) in [5.74, 6) is 0. The predicted molar refractivity (Wildman–Crippen MR) is 49.0 cm³/mol. The first-order valence-corrected chi connectivity index (χ1v) is 4.16. The average Bonchev–Trinajstić information content (AvgIpc) is 1.88. The maximum Gasteiger partial charge on any atom is 0.154 e. The third kappa shape index (κ3) is 1.52. The molecule has 4 heteroatoms. The monoisotopic (exact) mass is 269 g/mol. The van der Waals surface area contributed by atoms with Gasteiger partial charge in [-0.15, -0.1) is 0 Å². The van der Waals surface area contributed by atoms with E-state index in [1.54, 1.807) is 0 Å². The summed E-state index contributed by atoms with van der Waals surface area (Å²) in [4.78, 5) is 10.4. The van der Waals surface area contributed by atoms with Gasteiger partial charge < -0.3 is 5.32 Å². The van der Waals surface area contributed by atoms with Gasteiger partial charge in [0.15, 0.2) is 6.29 Å². The van der Waals surface area contributed by atoms with Crippen LogP contribution in [-0.2, 0) is 4.79 Å². The van der Waals surface area contributed by atoms with Crippen LogP contribution in [0.3, 0.4) is 0 Å². The second kappa shape index (κ2) is 3.39. The van der Waals surface area contributed by atoms with Crippen molar-refractivity contribution in [2.45, 2.75) is 0 Å². The first-order valence-electron chi connectivity index (χ1n) is 2.70. The molecule has 0 unspecified atom stereocenters. The van der Waals surface area contributed by atoms with Crippen molar-refractivity contribution in [2.75, 3.05) is 6.54 Å². The zero-order chi connectivity index (χ0) is 7.56. The Morgan fingerprint density at radius 2 is 2.50 bits per heavy atom. The number of nitrogens with one attached hydrogen (secondary N) is 1. The van der Waals surface area contributed by atoms with Crippen molar-refractivity contribution in [2.24, 2.45) is 0 Å². The maximum absolute atomic E-state index is 10.4. The van der Waals surface area contributed by atoms with Gasteiger partial charge in [-0.25, -0.2) is 0 Å². The van der Waals surface area contributed by atoms with Gasteiger partial charge in [-0.05, 0) is 22.6 Å². The Kier molecular flexibility index (Phi) is 2.73. The first-order chi connectivity index (χ1) is 4.75. The van der Waals surface area contributed by atoms with Gasteiger partial charge in [0.2, 0.25) is 0 Å². The Morgan fingerprint density at radius 1 is 1.80 bits per heavy atom. The fourth-order valence-corrected chi connectivity index (χ4v) is 1.65. The summed E-state index contributed by atoms with van der Waals surface area (Å²) in [5.41, 5.74) is 0.550. The molecule has 1 heterocycles. The minimum absolute atomic E-state index is 0.446. The molecular formula is C6H5ClINO. The van der Waals surface area contributed by atoms with Crippen LogP contribution in [0.1, 0.15) is 0 Å². The molecule has 10 heavy (non-hydrogen) atoms. The molecule has 0 fully saturated rings.